The van der Waals surface area contributed by atoms with E-state index in [0.717, 1.165) is 72.5 Å². The van der Waals surface area contributed by atoms with Crippen LogP contribution in [0.4, 0.5) is 17.1 Å². The van der Waals surface area contributed by atoms with Crippen molar-refractivity contribution in [3.8, 4) is 28.3 Å². The highest BCUT2D eigenvalue weighted by molar-refractivity contribution is 6.14. The van der Waals surface area contributed by atoms with E-state index in [-0.39, 0.29) is 0 Å². The van der Waals surface area contributed by atoms with Gasteiger partial charge < -0.3 is 18.6 Å². The van der Waals surface area contributed by atoms with Gasteiger partial charge in [-0.25, -0.2) is 0 Å². The number of hydrogen-bond acceptors (Lipinski definition) is 3. The van der Waals surface area contributed by atoms with Crippen molar-refractivity contribution in [2.24, 2.45) is 0 Å². The molecular formula is C46H28N2O2. The minimum atomic E-state index is 0.871. The van der Waals surface area contributed by atoms with E-state index in [4.69, 9.17) is 9.15 Å². The maximum absolute atomic E-state index is 6.51. The molecule has 2 aromatic heterocycles. The summed E-state index contributed by atoms with van der Waals surface area (Å²) in [5.41, 5.74) is 10.7. The molecule has 0 atom stereocenters. The fourth-order valence-electron chi connectivity index (χ4n) is 7.99. The molecule has 4 heteroatoms. The molecule has 50 heavy (non-hydrogen) atoms. The first kappa shape index (κ1) is 27.2. The largest absolute Gasteiger partial charge is 0.456 e. The van der Waals surface area contributed by atoms with Crippen LogP contribution in [0, 0.1) is 0 Å². The Balaban J connectivity index is 1.20. The number of rotatable bonds is 4. The summed E-state index contributed by atoms with van der Waals surface area (Å²) in [4.78, 5) is 2.39. The summed E-state index contributed by atoms with van der Waals surface area (Å²) >= 11 is 0. The Kier molecular flexibility index (Phi) is 5.63. The molecule has 0 spiro atoms. The molecule has 11 rings (SSSR count). The molecule has 0 aliphatic carbocycles. The topological polar surface area (TPSA) is 30.5 Å². The van der Waals surface area contributed by atoms with E-state index >= 15 is 0 Å². The monoisotopic (exact) mass is 640 g/mol. The van der Waals surface area contributed by atoms with Gasteiger partial charge in [-0.1, -0.05) is 91.0 Å². The molecular weight excluding hydrogens is 613 g/mol. The van der Waals surface area contributed by atoms with Crippen molar-refractivity contribution in [2.45, 2.75) is 0 Å². The van der Waals surface area contributed by atoms with E-state index < -0.39 is 0 Å². The van der Waals surface area contributed by atoms with E-state index in [1.807, 2.05) is 24.3 Å². The van der Waals surface area contributed by atoms with Crippen LogP contribution in [0.3, 0.4) is 0 Å². The number of fused-ring (bicyclic) bond motifs is 8. The van der Waals surface area contributed by atoms with Crippen LogP contribution < -0.4 is 9.64 Å². The highest BCUT2D eigenvalue weighted by atomic mass is 16.5. The predicted octanol–water partition coefficient (Wildman–Crippen LogP) is 13.1. The Labute approximate surface area is 287 Å². The van der Waals surface area contributed by atoms with Gasteiger partial charge in [0.15, 0.2) is 0 Å². The normalized spacial score (nSPS) is 12.2. The molecule has 1 aliphatic rings. The van der Waals surface area contributed by atoms with Crippen molar-refractivity contribution in [1.29, 1.82) is 0 Å². The zero-order chi connectivity index (χ0) is 32.8. The van der Waals surface area contributed by atoms with Gasteiger partial charge in [0.25, 0.3) is 0 Å². The first-order valence-corrected chi connectivity index (χ1v) is 16.9. The molecule has 0 fully saturated rings. The average Bonchev–Trinajstić information content (AvgIpc) is 3.71. The molecule has 4 nitrogen and oxygen atoms in total. The van der Waals surface area contributed by atoms with Crippen molar-refractivity contribution in [3.63, 3.8) is 0 Å². The molecule has 3 heterocycles. The second-order valence-electron chi connectivity index (χ2n) is 12.9. The molecule has 0 unspecified atom stereocenters. The zero-order valence-corrected chi connectivity index (χ0v) is 26.9. The molecule has 8 aromatic carbocycles. The maximum Gasteiger partial charge on any atom is 0.135 e. The summed E-state index contributed by atoms with van der Waals surface area (Å²) in [7, 11) is 0. The van der Waals surface area contributed by atoms with Gasteiger partial charge in [-0.3, -0.25) is 0 Å². The fraction of sp³-hybridized carbons (Fsp3) is 0. The number of hydrogen-bond donors (Lipinski definition) is 0. The van der Waals surface area contributed by atoms with Gasteiger partial charge in [-0.05, 0) is 84.4 Å². The number of ether oxygens (including phenoxy) is 1. The fourth-order valence-corrected chi connectivity index (χ4v) is 7.99. The first-order valence-electron chi connectivity index (χ1n) is 16.9. The van der Waals surface area contributed by atoms with Crippen LogP contribution in [0.15, 0.2) is 174 Å². The van der Waals surface area contributed by atoms with Crippen LogP contribution in [0.25, 0.3) is 71.3 Å². The second-order valence-corrected chi connectivity index (χ2v) is 12.9. The van der Waals surface area contributed by atoms with Crippen LogP contribution in [-0.2, 0) is 0 Å². The van der Waals surface area contributed by atoms with E-state index in [9.17, 15) is 0 Å². The highest BCUT2D eigenvalue weighted by Crippen LogP contribution is 2.51. The van der Waals surface area contributed by atoms with Gasteiger partial charge in [0.2, 0.25) is 0 Å². The maximum atomic E-state index is 6.51. The lowest BCUT2D eigenvalue weighted by atomic mass is 9.93. The van der Waals surface area contributed by atoms with Gasteiger partial charge in [-0.15, -0.1) is 0 Å². The smallest absolute Gasteiger partial charge is 0.135 e. The summed E-state index contributed by atoms with van der Waals surface area (Å²) in [6.07, 6.45) is 0. The molecule has 0 radical (unpaired) electrons. The number of para-hydroxylation sites is 4. The molecule has 0 N–H and O–H groups in total. The van der Waals surface area contributed by atoms with E-state index in [1.54, 1.807) is 0 Å². The van der Waals surface area contributed by atoms with Gasteiger partial charge in [0.05, 0.1) is 16.7 Å². The minimum Gasteiger partial charge on any atom is -0.456 e. The summed E-state index contributed by atoms with van der Waals surface area (Å²) in [6, 6.07) is 60.1. The number of anilines is 3. The number of furan rings is 1. The Hall–Kier alpha value is -6.78. The van der Waals surface area contributed by atoms with Crippen molar-refractivity contribution in [2.75, 3.05) is 4.90 Å². The minimum absolute atomic E-state index is 0.871. The highest BCUT2D eigenvalue weighted by Gasteiger charge is 2.25. The Morgan fingerprint density at radius 1 is 0.420 bits per heavy atom. The Bertz CT molecular complexity index is 2970. The quantitative estimate of drug-likeness (QED) is 0.192. The molecule has 0 saturated carbocycles. The van der Waals surface area contributed by atoms with Crippen molar-refractivity contribution in [1.82, 2.24) is 4.57 Å². The van der Waals surface area contributed by atoms with Crippen LogP contribution in [0.1, 0.15) is 0 Å². The Morgan fingerprint density at radius 2 is 1.10 bits per heavy atom. The SMILES string of the molecule is c1ccc(-n2c3ccccc3c3cc(N(c4ccc5oc6ccccc6c5c4)c4ccc5c6c(cccc46)Oc4ccccc4-5)ccc32)cc1. The molecule has 0 saturated heterocycles. The number of nitrogens with zero attached hydrogens (tertiary/aromatic N) is 2. The number of aromatic nitrogens is 1. The summed E-state index contributed by atoms with van der Waals surface area (Å²) in [5.74, 6) is 1.75. The predicted molar refractivity (Wildman–Crippen MR) is 206 cm³/mol. The van der Waals surface area contributed by atoms with Crippen molar-refractivity contribution >= 4 is 71.6 Å². The van der Waals surface area contributed by atoms with Crippen molar-refractivity contribution in [3.05, 3.63) is 170 Å². The van der Waals surface area contributed by atoms with Crippen LogP contribution in [0.5, 0.6) is 11.5 Å². The summed E-state index contributed by atoms with van der Waals surface area (Å²) < 4.78 is 15.1. The van der Waals surface area contributed by atoms with Gasteiger partial charge in [0.1, 0.15) is 22.7 Å². The molecule has 1 aliphatic heterocycles. The van der Waals surface area contributed by atoms with Gasteiger partial charge >= 0.3 is 0 Å². The standard InChI is InChI=1S/C46H28N2O2/c1-2-11-29(12-3-1)48-39-17-7-4-13-32(39)37-27-30(21-24-41(37)48)47(31-22-26-44-38(28-31)34-15-6-9-19-43(34)49-44)40-25-23-35-33-14-5-8-18-42(33)50-45-20-10-16-36(40)46(35)45/h1-28H. The van der Waals surface area contributed by atoms with Crippen LogP contribution in [0.2, 0.25) is 0 Å². The lowest BCUT2D eigenvalue weighted by Gasteiger charge is -2.29. The molecule has 234 valence electrons. The molecule has 0 bridgehead atoms. The third-order valence-electron chi connectivity index (χ3n) is 10.2. The molecule has 0 amide bonds. The summed E-state index contributed by atoms with van der Waals surface area (Å²) in [5, 5.41) is 6.84. The van der Waals surface area contributed by atoms with Crippen LogP contribution >= 0.6 is 0 Å². The molecule has 10 aromatic rings. The van der Waals surface area contributed by atoms with Gasteiger partial charge in [0, 0.05) is 54.9 Å². The third-order valence-corrected chi connectivity index (χ3v) is 10.2. The van der Waals surface area contributed by atoms with Gasteiger partial charge in [-0.2, -0.15) is 0 Å². The van der Waals surface area contributed by atoms with Crippen LogP contribution in [-0.4, -0.2) is 4.57 Å². The van der Waals surface area contributed by atoms with E-state index in [1.165, 1.54) is 27.4 Å². The lowest BCUT2D eigenvalue weighted by molar-refractivity contribution is 0.487. The third kappa shape index (κ3) is 3.87. The lowest BCUT2D eigenvalue weighted by Crippen LogP contribution is -2.11. The average molecular weight is 641 g/mol. The van der Waals surface area contributed by atoms with E-state index in [0.29, 0.717) is 0 Å². The Morgan fingerprint density at radius 3 is 2.02 bits per heavy atom. The van der Waals surface area contributed by atoms with Crippen molar-refractivity contribution < 1.29 is 9.15 Å². The number of benzene rings is 8. The van der Waals surface area contributed by atoms with E-state index in [2.05, 4.69) is 155 Å². The summed E-state index contributed by atoms with van der Waals surface area (Å²) in [6.45, 7) is 0. The second kappa shape index (κ2) is 10.4. The zero-order valence-electron chi connectivity index (χ0n) is 26.9. The first-order chi connectivity index (χ1) is 24.8.